The molecular weight excluding hydrogens is 296 g/mol. The van der Waals surface area contributed by atoms with Crippen LogP contribution >= 0.6 is 0 Å². The second-order valence-electron chi connectivity index (χ2n) is 5.92. The van der Waals surface area contributed by atoms with E-state index in [2.05, 4.69) is 39.9 Å². The quantitative estimate of drug-likeness (QED) is 0.518. The number of nitrogen functional groups attached to an aromatic ring is 1. The van der Waals surface area contributed by atoms with Crippen molar-refractivity contribution in [2.24, 2.45) is 5.73 Å². The van der Waals surface area contributed by atoms with Crippen LogP contribution in [-0.2, 0) is 19.4 Å². The molecule has 3 rings (SSSR count). The highest BCUT2D eigenvalue weighted by Crippen LogP contribution is 2.11. The molecule has 122 valence electrons. The number of aromatic nitrogens is 2. The molecule has 0 bridgehead atoms. The van der Waals surface area contributed by atoms with Crippen LogP contribution in [0.25, 0.3) is 0 Å². The van der Waals surface area contributed by atoms with Gasteiger partial charge in [0.2, 0.25) is 0 Å². The maximum absolute atomic E-state index is 7.56. The summed E-state index contributed by atoms with van der Waals surface area (Å²) in [5, 5.41) is 7.56. The molecule has 1 aromatic heterocycles. The number of hydrogen-bond donors (Lipinski definition) is 2. The van der Waals surface area contributed by atoms with E-state index in [1.807, 2.05) is 36.7 Å². The van der Waals surface area contributed by atoms with Crippen LogP contribution in [0.1, 0.15) is 28.9 Å². The Labute approximate surface area is 142 Å². The van der Waals surface area contributed by atoms with E-state index in [0.717, 1.165) is 42.8 Å². The lowest BCUT2D eigenvalue weighted by Gasteiger charge is -2.09. The molecule has 3 aromatic rings. The normalized spacial score (nSPS) is 10.7. The lowest BCUT2D eigenvalue weighted by atomic mass is 10.1. The van der Waals surface area contributed by atoms with Crippen LogP contribution < -0.4 is 5.73 Å². The number of nitrogens with zero attached hydrogens (tertiary/aromatic N) is 2. The summed E-state index contributed by atoms with van der Waals surface area (Å²) in [5.41, 5.74) is 8.83. The minimum atomic E-state index is 0.102. The Morgan fingerprint density at radius 3 is 2.58 bits per heavy atom. The van der Waals surface area contributed by atoms with Crippen molar-refractivity contribution in [1.82, 2.24) is 9.55 Å². The minimum Gasteiger partial charge on any atom is -0.384 e. The van der Waals surface area contributed by atoms with Gasteiger partial charge in [0.1, 0.15) is 11.7 Å². The van der Waals surface area contributed by atoms with E-state index in [4.69, 9.17) is 11.1 Å². The third kappa shape index (κ3) is 4.10. The van der Waals surface area contributed by atoms with Crippen LogP contribution in [-0.4, -0.2) is 15.4 Å². The van der Waals surface area contributed by atoms with E-state index in [1.165, 1.54) is 5.56 Å². The van der Waals surface area contributed by atoms with Crippen molar-refractivity contribution < 1.29 is 0 Å². The van der Waals surface area contributed by atoms with Crippen LogP contribution in [0, 0.1) is 5.41 Å². The molecule has 0 fully saturated rings. The van der Waals surface area contributed by atoms with Crippen molar-refractivity contribution >= 4 is 5.84 Å². The number of rotatable bonds is 7. The summed E-state index contributed by atoms with van der Waals surface area (Å²) in [4.78, 5) is 4.50. The van der Waals surface area contributed by atoms with E-state index >= 15 is 0 Å². The zero-order valence-electron chi connectivity index (χ0n) is 13.7. The Hall–Kier alpha value is -2.88. The van der Waals surface area contributed by atoms with E-state index in [-0.39, 0.29) is 5.84 Å². The average molecular weight is 318 g/mol. The van der Waals surface area contributed by atoms with Crippen molar-refractivity contribution in [3.05, 3.63) is 89.5 Å². The number of nitrogens with one attached hydrogen (secondary N) is 1. The van der Waals surface area contributed by atoms with Crippen LogP contribution in [0.4, 0.5) is 0 Å². The molecule has 0 saturated carbocycles. The maximum Gasteiger partial charge on any atom is 0.122 e. The Morgan fingerprint density at radius 1 is 1.00 bits per heavy atom. The fourth-order valence-corrected chi connectivity index (χ4v) is 2.84. The molecule has 4 nitrogen and oxygen atoms in total. The van der Waals surface area contributed by atoms with Crippen LogP contribution in [0.3, 0.4) is 0 Å². The second-order valence-corrected chi connectivity index (χ2v) is 5.92. The Morgan fingerprint density at radius 2 is 1.79 bits per heavy atom. The van der Waals surface area contributed by atoms with Gasteiger partial charge in [-0.15, -0.1) is 0 Å². The van der Waals surface area contributed by atoms with Crippen molar-refractivity contribution in [3.8, 4) is 0 Å². The fraction of sp³-hybridized carbons (Fsp3) is 0.200. The summed E-state index contributed by atoms with van der Waals surface area (Å²) < 4.78 is 2.17. The molecular formula is C20H22N4. The number of imidazole rings is 1. The number of benzene rings is 2. The smallest absolute Gasteiger partial charge is 0.122 e. The number of nitrogens with two attached hydrogens (primary N) is 1. The van der Waals surface area contributed by atoms with Gasteiger partial charge in [-0.2, -0.15) is 0 Å². The molecule has 0 amide bonds. The number of aryl methyl sites for hydroxylation is 2. The minimum absolute atomic E-state index is 0.102. The molecule has 2 aromatic carbocycles. The molecule has 0 aliphatic carbocycles. The van der Waals surface area contributed by atoms with Gasteiger partial charge in [-0.3, -0.25) is 5.41 Å². The van der Waals surface area contributed by atoms with Crippen molar-refractivity contribution in [1.29, 1.82) is 5.41 Å². The highest BCUT2D eigenvalue weighted by Gasteiger charge is 2.05. The zero-order chi connectivity index (χ0) is 16.8. The lowest BCUT2D eigenvalue weighted by Crippen LogP contribution is -2.12. The van der Waals surface area contributed by atoms with Gasteiger partial charge in [0, 0.05) is 30.9 Å². The van der Waals surface area contributed by atoms with Gasteiger partial charge in [-0.1, -0.05) is 48.5 Å². The SMILES string of the molecule is N=C(N)c1cccc(Cn2ccnc2CCCc2ccccc2)c1. The Kier molecular flexibility index (Phi) is 5.06. The lowest BCUT2D eigenvalue weighted by molar-refractivity contribution is 0.685. The molecule has 0 unspecified atom stereocenters. The van der Waals surface area contributed by atoms with E-state index in [9.17, 15) is 0 Å². The fourth-order valence-electron chi connectivity index (χ4n) is 2.84. The molecule has 3 N–H and O–H groups in total. The van der Waals surface area contributed by atoms with Gasteiger partial charge < -0.3 is 10.3 Å². The topological polar surface area (TPSA) is 67.7 Å². The Balaban J connectivity index is 1.63. The monoisotopic (exact) mass is 318 g/mol. The zero-order valence-corrected chi connectivity index (χ0v) is 13.7. The summed E-state index contributed by atoms with van der Waals surface area (Å²) in [6.45, 7) is 0.752. The number of hydrogen-bond acceptors (Lipinski definition) is 2. The van der Waals surface area contributed by atoms with Crippen LogP contribution in [0.5, 0.6) is 0 Å². The summed E-state index contributed by atoms with van der Waals surface area (Å²) in [6.07, 6.45) is 6.96. The summed E-state index contributed by atoms with van der Waals surface area (Å²) >= 11 is 0. The van der Waals surface area contributed by atoms with E-state index < -0.39 is 0 Å². The van der Waals surface area contributed by atoms with E-state index in [0.29, 0.717) is 0 Å². The second kappa shape index (κ2) is 7.59. The van der Waals surface area contributed by atoms with Crippen molar-refractivity contribution in [2.45, 2.75) is 25.8 Å². The first-order valence-electron chi connectivity index (χ1n) is 8.19. The molecule has 0 spiro atoms. The van der Waals surface area contributed by atoms with Gasteiger partial charge in [0.25, 0.3) is 0 Å². The molecule has 24 heavy (non-hydrogen) atoms. The van der Waals surface area contributed by atoms with Gasteiger partial charge in [-0.25, -0.2) is 4.98 Å². The summed E-state index contributed by atoms with van der Waals surface area (Å²) in [7, 11) is 0. The maximum atomic E-state index is 7.56. The first kappa shape index (κ1) is 16.0. The third-order valence-corrected chi connectivity index (χ3v) is 4.10. The predicted octanol–water partition coefficient (Wildman–Crippen LogP) is 3.39. The standard InChI is InChI=1S/C20H22N4/c21-20(22)18-10-4-9-17(14-18)15-24-13-12-23-19(24)11-5-8-16-6-2-1-3-7-16/h1-4,6-7,9-10,12-14H,5,8,11,15H2,(H3,21,22). The molecule has 0 aliphatic rings. The van der Waals surface area contributed by atoms with Crippen molar-refractivity contribution in [3.63, 3.8) is 0 Å². The molecule has 0 saturated heterocycles. The molecule has 0 aliphatic heterocycles. The predicted molar refractivity (Wildman–Crippen MR) is 97.3 cm³/mol. The molecule has 1 heterocycles. The molecule has 0 atom stereocenters. The third-order valence-electron chi connectivity index (χ3n) is 4.10. The largest absolute Gasteiger partial charge is 0.384 e. The van der Waals surface area contributed by atoms with Crippen molar-refractivity contribution in [2.75, 3.05) is 0 Å². The summed E-state index contributed by atoms with van der Waals surface area (Å²) in [5.74, 6) is 1.20. The van der Waals surface area contributed by atoms with Crippen LogP contribution in [0.15, 0.2) is 67.0 Å². The van der Waals surface area contributed by atoms with Gasteiger partial charge >= 0.3 is 0 Å². The number of amidine groups is 1. The highest BCUT2D eigenvalue weighted by molar-refractivity contribution is 5.95. The average Bonchev–Trinajstić information content (AvgIpc) is 3.03. The van der Waals surface area contributed by atoms with Crippen LogP contribution in [0.2, 0.25) is 0 Å². The molecule has 4 heteroatoms. The van der Waals surface area contributed by atoms with Gasteiger partial charge in [0.05, 0.1) is 0 Å². The van der Waals surface area contributed by atoms with Gasteiger partial charge in [-0.05, 0) is 30.0 Å². The highest BCUT2D eigenvalue weighted by atomic mass is 15.1. The first-order valence-corrected chi connectivity index (χ1v) is 8.19. The van der Waals surface area contributed by atoms with Gasteiger partial charge in [0.15, 0.2) is 0 Å². The Bertz CT molecular complexity index is 805. The first-order chi connectivity index (χ1) is 11.7. The summed E-state index contributed by atoms with van der Waals surface area (Å²) in [6, 6.07) is 18.4. The van der Waals surface area contributed by atoms with E-state index in [1.54, 1.807) is 0 Å². The molecule has 0 radical (unpaired) electrons.